The molecule has 2 saturated heterocycles. The molecule has 0 bridgehead atoms. The van der Waals surface area contributed by atoms with Crippen molar-refractivity contribution in [3.05, 3.63) is 0 Å². The van der Waals surface area contributed by atoms with Crippen LogP contribution in [0.4, 0.5) is 0 Å². The van der Waals surface area contributed by atoms with Crippen LogP contribution >= 0.6 is 0 Å². The van der Waals surface area contributed by atoms with E-state index < -0.39 is 40.4 Å². The number of nitrogens with one attached hydrogen (secondary N) is 1. The average molecular weight is 400 g/mol. The second-order valence-electron chi connectivity index (χ2n) is 7.50. The summed E-state index contributed by atoms with van der Waals surface area (Å²) in [5, 5.41) is 2.51. The summed E-state index contributed by atoms with van der Waals surface area (Å²) in [6, 6.07) is -1.57. The van der Waals surface area contributed by atoms with Gasteiger partial charge in [-0.25, -0.2) is 13.2 Å². The summed E-state index contributed by atoms with van der Waals surface area (Å²) >= 11 is 0. The molecule has 9 nitrogen and oxygen atoms in total. The molecule has 0 aromatic heterocycles. The van der Waals surface area contributed by atoms with Gasteiger partial charge in [-0.05, 0) is 26.2 Å². The van der Waals surface area contributed by atoms with Crippen LogP contribution < -0.4 is 5.32 Å². The number of carbonyl (C=O) groups is 4. The predicted molar refractivity (Wildman–Crippen MR) is 92.9 cm³/mol. The Bertz CT molecular complexity index is 739. The van der Waals surface area contributed by atoms with Gasteiger partial charge in [0, 0.05) is 6.04 Å². The molecule has 2 heterocycles. The van der Waals surface area contributed by atoms with Crippen LogP contribution in [0, 0.1) is 11.8 Å². The predicted octanol–water partition coefficient (Wildman–Crippen LogP) is -0.603. The van der Waals surface area contributed by atoms with Crippen molar-refractivity contribution >= 4 is 33.5 Å². The summed E-state index contributed by atoms with van der Waals surface area (Å²) < 4.78 is 27.7. The molecule has 3 fully saturated rings. The molecule has 3 aliphatic rings. The van der Waals surface area contributed by atoms with Crippen LogP contribution in [-0.2, 0) is 33.8 Å². The fraction of sp³-hybridized carbons (Fsp3) is 0.765. The van der Waals surface area contributed by atoms with Crippen molar-refractivity contribution in [2.75, 3.05) is 18.1 Å². The third kappa shape index (κ3) is 4.15. The van der Waals surface area contributed by atoms with Gasteiger partial charge in [0.2, 0.25) is 11.8 Å². The monoisotopic (exact) mass is 400 g/mol. The van der Waals surface area contributed by atoms with Crippen LogP contribution in [0.15, 0.2) is 0 Å². The number of imide groups is 1. The van der Waals surface area contributed by atoms with E-state index in [9.17, 15) is 27.6 Å². The molecule has 27 heavy (non-hydrogen) atoms. The van der Waals surface area contributed by atoms with Crippen LogP contribution in [-0.4, -0.2) is 67.2 Å². The van der Waals surface area contributed by atoms with Gasteiger partial charge in [-0.15, -0.1) is 0 Å². The standard InChI is InChI=1S/C17H24N2O7S/c1-10(19-15(21)12-4-2-3-5-13(12)16(19)22)17(23)26-8-14(20)18-11-6-7-27(24,25)9-11/h10-13H,2-9H2,1H3,(H,18,20)/t10-,11+,12-,13-/m0/s1. The summed E-state index contributed by atoms with van der Waals surface area (Å²) in [7, 11) is -3.12. The highest BCUT2D eigenvalue weighted by Gasteiger charge is 2.51. The van der Waals surface area contributed by atoms with Crippen LogP contribution in [0.3, 0.4) is 0 Å². The summed E-state index contributed by atoms with van der Waals surface area (Å²) in [5.74, 6) is -2.92. The molecular formula is C17H24N2O7S. The zero-order chi connectivity index (χ0) is 19.8. The summed E-state index contributed by atoms with van der Waals surface area (Å²) in [4.78, 5) is 50.0. The fourth-order valence-electron chi connectivity index (χ4n) is 4.11. The van der Waals surface area contributed by atoms with Crippen molar-refractivity contribution in [3.8, 4) is 0 Å². The minimum Gasteiger partial charge on any atom is -0.454 e. The van der Waals surface area contributed by atoms with Gasteiger partial charge in [-0.3, -0.25) is 19.3 Å². The lowest BCUT2D eigenvalue weighted by atomic mass is 9.81. The van der Waals surface area contributed by atoms with Crippen LogP contribution in [0.1, 0.15) is 39.0 Å². The van der Waals surface area contributed by atoms with E-state index in [0.717, 1.165) is 17.7 Å². The summed E-state index contributed by atoms with van der Waals surface area (Å²) in [6.07, 6.45) is 3.42. The van der Waals surface area contributed by atoms with Gasteiger partial charge >= 0.3 is 5.97 Å². The van der Waals surface area contributed by atoms with Crippen molar-refractivity contribution in [2.45, 2.75) is 51.1 Å². The van der Waals surface area contributed by atoms with Crippen LogP contribution in [0.25, 0.3) is 0 Å². The van der Waals surface area contributed by atoms with E-state index in [-0.39, 0.29) is 35.2 Å². The Morgan fingerprint density at radius 3 is 2.26 bits per heavy atom. The number of ether oxygens (including phenoxy) is 1. The van der Waals surface area contributed by atoms with Gasteiger partial charge in [0.25, 0.3) is 5.91 Å². The van der Waals surface area contributed by atoms with Crippen LogP contribution in [0.5, 0.6) is 0 Å². The lowest BCUT2D eigenvalue weighted by Crippen LogP contribution is -2.45. The van der Waals surface area contributed by atoms with E-state index >= 15 is 0 Å². The Hall–Kier alpha value is -1.97. The molecule has 3 rings (SSSR count). The minimum atomic E-state index is -3.12. The molecule has 0 radical (unpaired) electrons. The molecule has 2 aliphatic heterocycles. The topological polar surface area (TPSA) is 127 Å². The second kappa shape index (κ2) is 7.57. The first-order valence-electron chi connectivity index (χ1n) is 9.23. The highest BCUT2D eigenvalue weighted by Crippen LogP contribution is 2.38. The van der Waals surface area contributed by atoms with Crippen LogP contribution in [0.2, 0.25) is 0 Å². The van der Waals surface area contributed by atoms with Crippen molar-refractivity contribution in [2.24, 2.45) is 11.8 Å². The number of fused-ring (bicyclic) bond motifs is 1. The molecule has 0 aromatic carbocycles. The van der Waals surface area contributed by atoms with Gasteiger partial charge in [0.1, 0.15) is 6.04 Å². The van der Waals surface area contributed by atoms with Gasteiger partial charge in [-0.1, -0.05) is 12.8 Å². The van der Waals surface area contributed by atoms with E-state index in [2.05, 4.69) is 5.32 Å². The van der Waals surface area contributed by atoms with E-state index in [1.807, 2.05) is 0 Å². The molecule has 1 aliphatic carbocycles. The Labute approximate surface area is 157 Å². The molecule has 3 amide bonds. The molecule has 150 valence electrons. The third-order valence-electron chi connectivity index (χ3n) is 5.55. The van der Waals surface area contributed by atoms with Crippen molar-refractivity contribution in [1.82, 2.24) is 10.2 Å². The third-order valence-corrected chi connectivity index (χ3v) is 7.31. The molecule has 10 heteroatoms. The number of carbonyl (C=O) groups excluding carboxylic acids is 4. The van der Waals surface area contributed by atoms with Gasteiger partial charge in [0.15, 0.2) is 16.4 Å². The van der Waals surface area contributed by atoms with E-state index in [4.69, 9.17) is 4.74 Å². The van der Waals surface area contributed by atoms with Gasteiger partial charge < -0.3 is 10.1 Å². The number of likely N-dealkylation sites (tertiary alicyclic amines) is 1. The average Bonchev–Trinajstić information content (AvgIpc) is 3.09. The number of hydrogen-bond donors (Lipinski definition) is 1. The maximum Gasteiger partial charge on any atom is 0.329 e. The molecular weight excluding hydrogens is 376 g/mol. The van der Waals surface area contributed by atoms with Gasteiger partial charge in [0.05, 0.1) is 23.3 Å². The fourth-order valence-corrected chi connectivity index (χ4v) is 5.78. The largest absolute Gasteiger partial charge is 0.454 e. The lowest BCUT2D eigenvalue weighted by molar-refractivity contribution is -0.159. The Kier molecular flexibility index (Phi) is 5.55. The first-order chi connectivity index (χ1) is 12.7. The number of sulfone groups is 1. The Balaban J connectivity index is 1.51. The number of esters is 1. The lowest BCUT2D eigenvalue weighted by Gasteiger charge is -2.21. The Morgan fingerprint density at radius 1 is 1.15 bits per heavy atom. The first-order valence-corrected chi connectivity index (χ1v) is 11.0. The van der Waals surface area contributed by atoms with E-state index in [1.54, 1.807) is 0 Å². The van der Waals surface area contributed by atoms with E-state index in [0.29, 0.717) is 19.3 Å². The zero-order valence-electron chi connectivity index (χ0n) is 15.2. The number of hydrogen-bond acceptors (Lipinski definition) is 7. The zero-order valence-corrected chi connectivity index (χ0v) is 16.0. The second-order valence-corrected chi connectivity index (χ2v) is 9.72. The molecule has 0 spiro atoms. The molecule has 0 unspecified atom stereocenters. The maximum absolute atomic E-state index is 12.5. The van der Waals surface area contributed by atoms with Gasteiger partial charge in [-0.2, -0.15) is 0 Å². The smallest absolute Gasteiger partial charge is 0.329 e. The molecule has 4 atom stereocenters. The van der Waals surface area contributed by atoms with Crippen molar-refractivity contribution in [1.29, 1.82) is 0 Å². The number of rotatable bonds is 5. The highest BCUT2D eigenvalue weighted by molar-refractivity contribution is 7.91. The van der Waals surface area contributed by atoms with Crippen molar-refractivity contribution < 1.29 is 32.3 Å². The van der Waals surface area contributed by atoms with Crippen molar-refractivity contribution in [3.63, 3.8) is 0 Å². The maximum atomic E-state index is 12.5. The summed E-state index contributed by atoms with van der Waals surface area (Å²) in [6.45, 7) is 0.833. The highest BCUT2D eigenvalue weighted by atomic mass is 32.2. The van der Waals surface area contributed by atoms with E-state index in [1.165, 1.54) is 6.92 Å². The Morgan fingerprint density at radius 2 is 1.74 bits per heavy atom. The number of nitrogens with zero attached hydrogens (tertiary/aromatic N) is 1. The molecule has 1 N–H and O–H groups in total. The normalized spacial score (nSPS) is 30.7. The molecule has 1 saturated carbocycles. The minimum absolute atomic E-state index is 0.0241. The number of amides is 3. The SMILES string of the molecule is C[C@@H](C(=O)OCC(=O)N[C@@H]1CCS(=O)(=O)C1)N1C(=O)[C@H]2CCCC[C@@H]2C1=O. The molecule has 0 aromatic rings. The first kappa shape index (κ1) is 19.8. The summed E-state index contributed by atoms with van der Waals surface area (Å²) in [5.41, 5.74) is 0. The quantitative estimate of drug-likeness (QED) is 0.482.